The predicted molar refractivity (Wildman–Crippen MR) is 123 cm³/mol. The van der Waals surface area contributed by atoms with Gasteiger partial charge in [-0.1, -0.05) is 47.7 Å². The van der Waals surface area contributed by atoms with E-state index >= 15 is 0 Å². The van der Waals surface area contributed by atoms with Crippen molar-refractivity contribution in [3.8, 4) is 5.75 Å². The normalized spacial score (nSPS) is 14.4. The fraction of sp³-hybridized carbons (Fsp3) is 0.231. The van der Waals surface area contributed by atoms with E-state index in [-0.39, 0.29) is 23.4 Å². The van der Waals surface area contributed by atoms with Crippen LogP contribution >= 0.6 is 11.8 Å². The second-order valence-corrected chi connectivity index (χ2v) is 9.07. The van der Waals surface area contributed by atoms with Gasteiger partial charge in [0.2, 0.25) is 0 Å². The zero-order valence-corrected chi connectivity index (χ0v) is 18.3. The summed E-state index contributed by atoms with van der Waals surface area (Å²) in [5.41, 5.74) is 2.43. The molecule has 4 nitrogen and oxygen atoms in total. The number of hydrogen-bond donors (Lipinski definition) is 1. The van der Waals surface area contributed by atoms with Crippen LogP contribution in [0.15, 0.2) is 82.6 Å². The number of likely N-dealkylation sites (tertiary alicyclic amines) is 1. The first-order valence-electron chi connectivity index (χ1n) is 10.5. The Morgan fingerprint density at radius 2 is 1.58 bits per heavy atom. The molecule has 158 valence electrons. The molecule has 0 atom stereocenters. The highest BCUT2D eigenvalue weighted by atomic mass is 32.2. The van der Waals surface area contributed by atoms with E-state index in [1.807, 2.05) is 30.3 Å². The molecule has 0 saturated carbocycles. The number of hydrogen-bond acceptors (Lipinski definition) is 4. The summed E-state index contributed by atoms with van der Waals surface area (Å²) in [6, 6.07) is 22.6. The molecule has 1 amide bonds. The number of rotatable bonds is 5. The molecule has 1 fully saturated rings. The lowest BCUT2D eigenvalue weighted by atomic mass is 9.88. The Kier molecular flexibility index (Phi) is 6.42. The summed E-state index contributed by atoms with van der Waals surface area (Å²) < 4.78 is 0. The number of ketones is 1. The van der Waals surface area contributed by atoms with Crippen molar-refractivity contribution in [2.75, 3.05) is 13.1 Å². The maximum absolute atomic E-state index is 13.0. The average molecular weight is 432 g/mol. The summed E-state index contributed by atoms with van der Waals surface area (Å²) in [4.78, 5) is 29.6. The molecule has 0 spiro atoms. The Morgan fingerprint density at radius 3 is 2.26 bits per heavy atom. The van der Waals surface area contributed by atoms with Gasteiger partial charge < -0.3 is 10.0 Å². The number of benzene rings is 3. The molecule has 1 N–H and O–H groups in total. The van der Waals surface area contributed by atoms with Gasteiger partial charge in [0.05, 0.1) is 0 Å². The summed E-state index contributed by atoms with van der Waals surface area (Å²) in [6.45, 7) is 3.17. The van der Waals surface area contributed by atoms with E-state index in [2.05, 4.69) is 25.1 Å². The van der Waals surface area contributed by atoms with E-state index < -0.39 is 0 Å². The first-order valence-corrected chi connectivity index (χ1v) is 11.3. The molecule has 5 heteroatoms. The number of carbonyl (C=O) groups excluding carboxylic acids is 2. The monoisotopic (exact) mass is 431 g/mol. The zero-order valence-electron chi connectivity index (χ0n) is 17.5. The van der Waals surface area contributed by atoms with Crippen molar-refractivity contribution in [1.29, 1.82) is 0 Å². The molecule has 3 aromatic rings. The van der Waals surface area contributed by atoms with Crippen LogP contribution in [0, 0.1) is 12.8 Å². The number of phenolic OH excluding ortho intramolecular Hbond substituents is 1. The highest BCUT2D eigenvalue weighted by molar-refractivity contribution is 7.99. The van der Waals surface area contributed by atoms with Crippen LogP contribution < -0.4 is 0 Å². The molecule has 0 unspecified atom stereocenters. The van der Waals surface area contributed by atoms with E-state index in [9.17, 15) is 14.7 Å². The molecule has 31 heavy (non-hydrogen) atoms. The van der Waals surface area contributed by atoms with E-state index in [1.165, 1.54) is 16.5 Å². The molecule has 3 aromatic carbocycles. The van der Waals surface area contributed by atoms with Crippen LogP contribution in [0.25, 0.3) is 0 Å². The number of Topliss-reactive ketones (excluding diaryl/α,β-unsaturated/α-hetero) is 1. The van der Waals surface area contributed by atoms with Crippen LogP contribution in [0.3, 0.4) is 0 Å². The molecule has 1 aliphatic rings. The standard InChI is InChI=1S/C26H25NO3S/c1-18-4-2-7-24(16-18)31-23-10-8-19(9-11-23)25(29)20-12-14-27(15-13-20)26(30)21-5-3-6-22(28)17-21/h2-11,16-17,20,28H,12-15H2,1H3. The van der Waals surface area contributed by atoms with Crippen molar-refractivity contribution in [2.45, 2.75) is 29.6 Å². The van der Waals surface area contributed by atoms with Crippen molar-refractivity contribution in [3.63, 3.8) is 0 Å². The van der Waals surface area contributed by atoms with E-state index in [0.29, 0.717) is 31.5 Å². The number of carbonyl (C=O) groups is 2. The molecular weight excluding hydrogens is 406 g/mol. The molecule has 0 radical (unpaired) electrons. The fourth-order valence-corrected chi connectivity index (χ4v) is 4.84. The minimum Gasteiger partial charge on any atom is -0.508 e. The highest BCUT2D eigenvalue weighted by Gasteiger charge is 2.28. The lowest BCUT2D eigenvalue weighted by Crippen LogP contribution is -2.40. The van der Waals surface area contributed by atoms with Crippen LogP contribution in [-0.4, -0.2) is 34.8 Å². The van der Waals surface area contributed by atoms with Crippen LogP contribution in [0.2, 0.25) is 0 Å². The van der Waals surface area contributed by atoms with Crippen molar-refractivity contribution in [3.05, 3.63) is 89.5 Å². The van der Waals surface area contributed by atoms with Gasteiger partial charge in [0, 0.05) is 39.9 Å². The van der Waals surface area contributed by atoms with E-state index in [1.54, 1.807) is 34.9 Å². The third kappa shape index (κ3) is 5.17. The second kappa shape index (κ2) is 9.40. The molecule has 1 saturated heterocycles. The number of nitrogens with zero attached hydrogens (tertiary/aromatic N) is 1. The van der Waals surface area contributed by atoms with Crippen molar-refractivity contribution in [1.82, 2.24) is 4.90 Å². The van der Waals surface area contributed by atoms with Gasteiger partial charge in [-0.15, -0.1) is 0 Å². The molecule has 4 rings (SSSR count). The maximum atomic E-state index is 13.0. The lowest BCUT2D eigenvalue weighted by Gasteiger charge is -2.31. The summed E-state index contributed by atoms with van der Waals surface area (Å²) in [5, 5.41) is 9.60. The molecule has 0 aliphatic carbocycles. The number of piperidine rings is 1. The molecule has 1 aliphatic heterocycles. The van der Waals surface area contributed by atoms with Crippen LogP contribution in [0.1, 0.15) is 39.1 Å². The minimum atomic E-state index is -0.0978. The Morgan fingerprint density at radius 1 is 0.871 bits per heavy atom. The summed E-state index contributed by atoms with van der Waals surface area (Å²) in [6.07, 6.45) is 1.31. The third-order valence-electron chi connectivity index (χ3n) is 5.61. The van der Waals surface area contributed by atoms with Crippen LogP contribution in [0.5, 0.6) is 5.75 Å². The van der Waals surface area contributed by atoms with Gasteiger partial charge in [-0.2, -0.15) is 0 Å². The maximum Gasteiger partial charge on any atom is 0.253 e. The summed E-state index contributed by atoms with van der Waals surface area (Å²) >= 11 is 1.69. The van der Waals surface area contributed by atoms with E-state index in [0.717, 1.165) is 10.5 Å². The SMILES string of the molecule is Cc1cccc(Sc2ccc(C(=O)C3CCN(C(=O)c4cccc(O)c4)CC3)cc2)c1. The lowest BCUT2D eigenvalue weighted by molar-refractivity contribution is 0.0650. The Bertz CT molecular complexity index is 1090. The van der Waals surface area contributed by atoms with Crippen molar-refractivity contribution in [2.24, 2.45) is 5.92 Å². The summed E-state index contributed by atoms with van der Waals surface area (Å²) in [5.74, 6) is 0.0688. The zero-order chi connectivity index (χ0) is 21.8. The average Bonchev–Trinajstić information content (AvgIpc) is 2.79. The second-order valence-electron chi connectivity index (χ2n) is 7.92. The summed E-state index contributed by atoms with van der Waals surface area (Å²) in [7, 11) is 0. The molecule has 0 bridgehead atoms. The highest BCUT2D eigenvalue weighted by Crippen LogP contribution is 2.29. The predicted octanol–water partition coefficient (Wildman–Crippen LogP) is 5.59. The van der Waals surface area contributed by atoms with Gasteiger partial charge in [0.15, 0.2) is 5.78 Å². The van der Waals surface area contributed by atoms with Crippen LogP contribution in [0.4, 0.5) is 0 Å². The van der Waals surface area contributed by atoms with Gasteiger partial charge >= 0.3 is 0 Å². The van der Waals surface area contributed by atoms with Gasteiger partial charge in [-0.05, 0) is 62.2 Å². The Labute approximate surface area is 186 Å². The Balaban J connectivity index is 1.34. The molecule has 1 heterocycles. The topological polar surface area (TPSA) is 57.6 Å². The number of aromatic hydroxyl groups is 1. The quantitative estimate of drug-likeness (QED) is 0.535. The third-order valence-corrected chi connectivity index (χ3v) is 6.61. The van der Waals surface area contributed by atoms with Crippen LogP contribution in [-0.2, 0) is 0 Å². The number of phenols is 1. The first-order chi connectivity index (χ1) is 15.0. The molecule has 0 aromatic heterocycles. The van der Waals surface area contributed by atoms with Gasteiger partial charge in [-0.3, -0.25) is 9.59 Å². The van der Waals surface area contributed by atoms with Crippen molar-refractivity contribution >= 4 is 23.5 Å². The van der Waals surface area contributed by atoms with E-state index in [4.69, 9.17) is 0 Å². The Hall–Kier alpha value is -3.05. The fourth-order valence-electron chi connectivity index (χ4n) is 3.90. The first kappa shape index (κ1) is 21.2. The van der Waals surface area contributed by atoms with Gasteiger partial charge in [0.1, 0.15) is 5.75 Å². The molecular formula is C26H25NO3S. The van der Waals surface area contributed by atoms with Gasteiger partial charge in [-0.25, -0.2) is 0 Å². The van der Waals surface area contributed by atoms with Gasteiger partial charge in [0.25, 0.3) is 5.91 Å². The minimum absolute atomic E-state index is 0.0662. The largest absolute Gasteiger partial charge is 0.508 e. The number of amides is 1. The smallest absolute Gasteiger partial charge is 0.253 e. The number of aryl methyl sites for hydroxylation is 1. The van der Waals surface area contributed by atoms with Crippen molar-refractivity contribution < 1.29 is 14.7 Å².